The van der Waals surface area contributed by atoms with Crippen molar-refractivity contribution in [3.8, 4) is 0 Å². The van der Waals surface area contributed by atoms with Gasteiger partial charge in [-0.25, -0.2) is 4.79 Å². The maximum Gasteiger partial charge on any atom is 0.335 e. The summed E-state index contributed by atoms with van der Waals surface area (Å²) in [6.45, 7) is 0.216. The van der Waals surface area contributed by atoms with Crippen LogP contribution in [0.5, 0.6) is 0 Å². The maximum absolute atomic E-state index is 12.5. The van der Waals surface area contributed by atoms with E-state index in [-0.39, 0.29) is 23.3 Å². The van der Waals surface area contributed by atoms with Gasteiger partial charge in [0.05, 0.1) is 12.1 Å². The van der Waals surface area contributed by atoms with Crippen LogP contribution in [0.15, 0.2) is 53.0 Å². The van der Waals surface area contributed by atoms with E-state index in [2.05, 4.69) is 21.2 Å². The number of aromatic carboxylic acids is 1. The van der Waals surface area contributed by atoms with Gasteiger partial charge in [0.15, 0.2) is 5.37 Å². The molecule has 3 rings (SSSR count). The van der Waals surface area contributed by atoms with Gasteiger partial charge < -0.3 is 10.4 Å². The average molecular weight is 421 g/mol. The first-order chi connectivity index (χ1) is 11.9. The normalized spacial score (nSPS) is 17.0. The summed E-state index contributed by atoms with van der Waals surface area (Å²) in [4.78, 5) is 36.7. The third kappa shape index (κ3) is 4.02. The van der Waals surface area contributed by atoms with Crippen molar-refractivity contribution in [3.63, 3.8) is 0 Å². The van der Waals surface area contributed by atoms with Crippen molar-refractivity contribution >= 4 is 50.5 Å². The highest BCUT2D eigenvalue weighted by atomic mass is 79.9. The van der Waals surface area contributed by atoms with Crippen molar-refractivity contribution in [1.82, 2.24) is 4.90 Å². The van der Waals surface area contributed by atoms with Crippen LogP contribution in [-0.4, -0.2) is 32.5 Å². The Morgan fingerprint density at radius 1 is 1.12 bits per heavy atom. The largest absolute Gasteiger partial charge is 0.478 e. The minimum absolute atomic E-state index is 0.156. The highest BCUT2D eigenvalue weighted by Gasteiger charge is 2.39. The van der Waals surface area contributed by atoms with E-state index in [0.29, 0.717) is 5.69 Å². The zero-order valence-corrected chi connectivity index (χ0v) is 15.2. The predicted molar refractivity (Wildman–Crippen MR) is 98.5 cm³/mol. The molecule has 0 unspecified atom stereocenters. The lowest BCUT2D eigenvalue weighted by molar-refractivity contribution is -0.126. The van der Waals surface area contributed by atoms with E-state index in [0.717, 1.165) is 21.8 Å². The summed E-state index contributed by atoms with van der Waals surface area (Å²) >= 11 is 4.25. The molecule has 2 N–H and O–H groups in total. The lowest BCUT2D eigenvalue weighted by Gasteiger charge is -2.15. The molecule has 6 nitrogen and oxygen atoms in total. The van der Waals surface area contributed by atoms with E-state index in [1.54, 1.807) is 12.1 Å². The fraction of sp³-hybridized carbons (Fsp3) is 0.118. The van der Waals surface area contributed by atoms with Crippen molar-refractivity contribution in [1.29, 1.82) is 0 Å². The Kier molecular flexibility index (Phi) is 5.10. The highest BCUT2D eigenvalue weighted by Crippen LogP contribution is 2.29. The van der Waals surface area contributed by atoms with E-state index in [1.165, 1.54) is 17.0 Å². The van der Waals surface area contributed by atoms with Gasteiger partial charge in [0.25, 0.3) is 11.1 Å². The van der Waals surface area contributed by atoms with Crippen molar-refractivity contribution in [2.75, 3.05) is 5.32 Å². The van der Waals surface area contributed by atoms with Crippen LogP contribution in [0.2, 0.25) is 0 Å². The van der Waals surface area contributed by atoms with Crippen molar-refractivity contribution < 1.29 is 19.5 Å². The van der Waals surface area contributed by atoms with Crippen LogP contribution in [-0.2, 0) is 11.3 Å². The number of carbonyl (C=O) groups is 3. The molecular weight excluding hydrogens is 408 g/mol. The van der Waals surface area contributed by atoms with Crippen molar-refractivity contribution in [3.05, 3.63) is 64.1 Å². The van der Waals surface area contributed by atoms with Crippen LogP contribution in [0.4, 0.5) is 10.5 Å². The standard InChI is InChI=1S/C17H13BrN2O4S/c18-12-5-1-10(2-6-12)9-20-15(21)14(25-17(20)24)19-13-7-3-11(4-8-13)16(22)23/h1-8,14,19H,9H2,(H,22,23)/t14-/m1/s1. The Bertz CT molecular complexity index is 824. The lowest BCUT2D eigenvalue weighted by atomic mass is 10.2. The van der Waals surface area contributed by atoms with Crippen LogP contribution in [0.25, 0.3) is 0 Å². The first-order valence-corrected chi connectivity index (χ1v) is 8.97. The van der Waals surface area contributed by atoms with Gasteiger partial charge in [0.2, 0.25) is 0 Å². The quantitative estimate of drug-likeness (QED) is 0.764. The summed E-state index contributed by atoms with van der Waals surface area (Å²) in [5, 5.41) is 10.8. The first-order valence-electron chi connectivity index (χ1n) is 7.30. The first kappa shape index (κ1) is 17.5. The second-order valence-electron chi connectivity index (χ2n) is 5.34. The maximum atomic E-state index is 12.5. The van der Waals surface area contributed by atoms with E-state index in [1.807, 2.05) is 24.3 Å². The van der Waals surface area contributed by atoms with Gasteiger partial charge in [-0.1, -0.05) is 28.1 Å². The number of anilines is 1. The molecule has 0 saturated carbocycles. The van der Waals surface area contributed by atoms with Crippen LogP contribution in [0.3, 0.4) is 0 Å². The molecule has 2 amide bonds. The number of nitrogens with one attached hydrogen (secondary N) is 1. The molecule has 1 heterocycles. The van der Waals surface area contributed by atoms with Crippen LogP contribution >= 0.6 is 27.7 Å². The van der Waals surface area contributed by atoms with Gasteiger partial charge in [-0.15, -0.1) is 0 Å². The zero-order chi connectivity index (χ0) is 18.0. The SMILES string of the molecule is O=C(O)c1ccc(N[C@@H]2SC(=O)N(Cc3ccc(Br)cc3)C2=O)cc1. The van der Waals surface area contributed by atoms with Crippen LogP contribution < -0.4 is 5.32 Å². The molecule has 0 spiro atoms. The number of hydrogen-bond donors (Lipinski definition) is 2. The summed E-state index contributed by atoms with van der Waals surface area (Å²) in [5.41, 5.74) is 1.59. The summed E-state index contributed by atoms with van der Waals surface area (Å²) in [7, 11) is 0. The number of benzene rings is 2. The smallest absolute Gasteiger partial charge is 0.335 e. The monoisotopic (exact) mass is 420 g/mol. The fourth-order valence-corrected chi connectivity index (χ4v) is 3.48. The number of carboxylic acid groups (broad SMARTS) is 1. The Morgan fingerprint density at radius 2 is 1.76 bits per heavy atom. The molecule has 0 aromatic heterocycles. The Hall–Kier alpha value is -2.32. The molecule has 1 atom stereocenters. The van der Waals surface area contributed by atoms with Crippen molar-refractivity contribution in [2.45, 2.75) is 11.9 Å². The number of nitrogens with zero attached hydrogens (tertiary/aromatic N) is 1. The van der Waals surface area contributed by atoms with E-state index in [9.17, 15) is 14.4 Å². The number of thioether (sulfide) groups is 1. The molecule has 25 heavy (non-hydrogen) atoms. The van der Waals surface area contributed by atoms with Gasteiger partial charge in [-0.3, -0.25) is 14.5 Å². The second-order valence-corrected chi connectivity index (χ2v) is 7.31. The molecule has 128 valence electrons. The van der Waals surface area contributed by atoms with E-state index < -0.39 is 11.3 Å². The van der Waals surface area contributed by atoms with Gasteiger partial charge in [0.1, 0.15) is 0 Å². The van der Waals surface area contributed by atoms with Crippen molar-refractivity contribution in [2.24, 2.45) is 0 Å². The average Bonchev–Trinajstić information content (AvgIpc) is 2.85. The molecule has 1 aliphatic rings. The molecule has 1 saturated heterocycles. The lowest BCUT2D eigenvalue weighted by Crippen LogP contribution is -2.33. The van der Waals surface area contributed by atoms with Gasteiger partial charge in [-0.2, -0.15) is 0 Å². The Labute approximate surface area is 156 Å². The molecule has 0 bridgehead atoms. The van der Waals surface area contributed by atoms with E-state index >= 15 is 0 Å². The van der Waals surface area contributed by atoms with Crippen LogP contribution in [0, 0.1) is 0 Å². The predicted octanol–water partition coefficient (Wildman–Crippen LogP) is 3.78. The molecule has 0 aliphatic carbocycles. The van der Waals surface area contributed by atoms with Gasteiger partial charge in [-0.05, 0) is 53.7 Å². The fourth-order valence-electron chi connectivity index (χ4n) is 2.31. The number of carbonyl (C=O) groups excluding carboxylic acids is 2. The highest BCUT2D eigenvalue weighted by molar-refractivity contribution is 9.10. The summed E-state index contributed by atoms with van der Waals surface area (Å²) in [6, 6.07) is 13.4. The number of halogens is 1. The second kappa shape index (κ2) is 7.28. The van der Waals surface area contributed by atoms with E-state index in [4.69, 9.17) is 5.11 Å². The van der Waals surface area contributed by atoms with Gasteiger partial charge in [0, 0.05) is 10.2 Å². The van der Waals surface area contributed by atoms with Crippen LogP contribution in [0.1, 0.15) is 15.9 Å². The number of rotatable bonds is 5. The van der Waals surface area contributed by atoms with Gasteiger partial charge >= 0.3 is 5.97 Å². The molecule has 1 aliphatic heterocycles. The molecule has 2 aromatic rings. The number of carboxylic acids is 1. The summed E-state index contributed by atoms with van der Waals surface area (Å²) in [5.74, 6) is -1.34. The molecule has 0 radical (unpaired) electrons. The number of amides is 2. The Morgan fingerprint density at radius 3 is 2.36 bits per heavy atom. The number of imide groups is 1. The third-order valence-electron chi connectivity index (χ3n) is 3.61. The third-order valence-corrected chi connectivity index (χ3v) is 5.12. The molecule has 2 aromatic carbocycles. The Balaban J connectivity index is 1.68. The molecular formula is C17H13BrN2O4S. The summed E-state index contributed by atoms with van der Waals surface area (Å²) in [6.07, 6.45) is 0. The summed E-state index contributed by atoms with van der Waals surface area (Å²) < 4.78 is 0.925. The minimum atomic E-state index is -1.02. The minimum Gasteiger partial charge on any atom is -0.478 e. The molecule has 1 fully saturated rings. The number of hydrogen-bond acceptors (Lipinski definition) is 5. The zero-order valence-electron chi connectivity index (χ0n) is 12.8. The topological polar surface area (TPSA) is 86.7 Å². The molecule has 8 heteroatoms.